The van der Waals surface area contributed by atoms with Gasteiger partial charge in [0.15, 0.2) is 5.13 Å². The summed E-state index contributed by atoms with van der Waals surface area (Å²) in [4.78, 5) is 10.0. The van der Waals surface area contributed by atoms with Crippen LogP contribution in [-0.2, 0) is 14.8 Å². The third-order valence-electron chi connectivity index (χ3n) is 6.61. The number of hydrogen-bond acceptors (Lipinski definition) is 8. The molecular formula is C23H34N4O4S2. The molecule has 2 aliphatic rings. The molecule has 8 nitrogen and oxygen atoms in total. The third-order valence-corrected chi connectivity index (χ3v) is 9.26. The molecule has 1 saturated heterocycles. The van der Waals surface area contributed by atoms with Crippen molar-refractivity contribution in [3.63, 3.8) is 0 Å². The van der Waals surface area contributed by atoms with Gasteiger partial charge in [-0.05, 0) is 51.5 Å². The van der Waals surface area contributed by atoms with Gasteiger partial charge in [-0.25, -0.2) is 23.1 Å². The highest BCUT2D eigenvalue weighted by Gasteiger charge is 2.27. The van der Waals surface area contributed by atoms with E-state index in [2.05, 4.69) is 21.9 Å². The summed E-state index contributed by atoms with van der Waals surface area (Å²) in [5.41, 5.74) is 1.57. The van der Waals surface area contributed by atoms with E-state index in [1.165, 1.54) is 18.4 Å². The van der Waals surface area contributed by atoms with Gasteiger partial charge in [-0.1, -0.05) is 30.6 Å². The van der Waals surface area contributed by atoms with Gasteiger partial charge in [-0.15, -0.1) is 0 Å². The van der Waals surface area contributed by atoms with E-state index in [0.29, 0.717) is 5.92 Å². The van der Waals surface area contributed by atoms with Crippen LogP contribution >= 0.6 is 11.3 Å². The first-order chi connectivity index (χ1) is 15.9. The molecule has 1 atom stereocenters. The predicted octanol–water partition coefficient (Wildman–Crippen LogP) is 4.36. The van der Waals surface area contributed by atoms with Gasteiger partial charge in [0.25, 0.3) is 0 Å². The molecule has 0 amide bonds. The summed E-state index contributed by atoms with van der Waals surface area (Å²) in [6.45, 7) is 5.74. The fourth-order valence-corrected chi connectivity index (χ4v) is 7.15. The van der Waals surface area contributed by atoms with Crippen LogP contribution in [0.2, 0.25) is 0 Å². The Hall–Kier alpha value is -1.75. The van der Waals surface area contributed by atoms with E-state index < -0.39 is 10.0 Å². The number of hydrogen-bond donors (Lipinski definition) is 2. The highest BCUT2D eigenvalue weighted by atomic mass is 32.2. The normalized spacial score (nSPS) is 19.4. The molecule has 2 aromatic heterocycles. The Balaban J connectivity index is 1.56. The zero-order valence-corrected chi connectivity index (χ0v) is 21.2. The van der Waals surface area contributed by atoms with E-state index in [1.54, 1.807) is 12.3 Å². The molecule has 1 aliphatic carbocycles. The smallest absolute Gasteiger partial charge is 0.246 e. The van der Waals surface area contributed by atoms with Crippen molar-refractivity contribution < 1.29 is 17.9 Å². The van der Waals surface area contributed by atoms with Gasteiger partial charge in [0.2, 0.25) is 15.9 Å². The summed E-state index contributed by atoms with van der Waals surface area (Å²) >= 11 is 1.52. The minimum Gasteiger partial charge on any atom is -0.480 e. The predicted molar refractivity (Wildman–Crippen MR) is 130 cm³/mol. The topological polar surface area (TPSA) is 102 Å². The summed E-state index contributed by atoms with van der Waals surface area (Å²) in [5, 5.41) is 4.38. The molecule has 2 fully saturated rings. The van der Waals surface area contributed by atoms with Crippen molar-refractivity contribution in [1.82, 2.24) is 14.7 Å². The molecule has 1 unspecified atom stereocenters. The zero-order valence-electron chi connectivity index (χ0n) is 19.6. The lowest BCUT2D eigenvalue weighted by Crippen LogP contribution is -2.36. The summed E-state index contributed by atoms with van der Waals surface area (Å²) in [7, 11) is -2.31. The second-order valence-corrected chi connectivity index (χ2v) is 11.7. The van der Waals surface area contributed by atoms with Crippen molar-refractivity contribution in [2.75, 3.05) is 25.6 Å². The van der Waals surface area contributed by atoms with Crippen molar-refractivity contribution in [3.05, 3.63) is 18.0 Å². The third kappa shape index (κ3) is 5.85. The number of sulfonamides is 1. The summed E-state index contributed by atoms with van der Waals surface area (Å²) < 4.78 is 40.1. The minimum atomic E-state index is -3.75. The highest BCUT2D eigenvalue weighted by Crippen LogP contribution is 2.36. The molecule has 3 heterocycles. The Bertz CT molecular complexity index is 1040. The molecular weight excluding hydrogens is 460 g/mol. The van der Waals surface area contributed by atoms with Crippen LogP contribution in [0, 0.1) is 12.8 Å². The second kappa shape index (κ2) is 10.7. The summed E-state index contributed by atoms with van der Waals surface area (Å²) in [6, 6.07) is 1.91. The van der Waals surface area contributed by atoms with Crippen molar-refractivity contribution in [3.8, 4) is 16.3 Å². The molecule has 4 rings (SSSR count). The van der Waals surface area contributed by atoms with Crippen LogP contribution in [0.1, 0.15) is 57.6 Å². The Labute approximate surface area is 200 Å². The number of aryl methyl sites for hydroxylation is 1. The molecule has 0 bridgehead atoms. The van der Waals surface area contributed by atoms with Gasteiger partial charge in [0.1, 0.15) is 4.90 Å². The van der Waals surface area contributed by atoms with Crippen LogP contribution in [0.5, 0.6) is 5.88 Å². The van der Waals surface area contributed by atoms with E-state index in [-0.39, 0.29) is 22.9 Å². The number of thiazole rings is 1. The Kier molecular flexibility index (Phi) is 7.88. The van der Waals surface area contributed by atoms with Gasteiger partial charge in [0.05, 0.1) is 17.7 Å². The number of methoxy groups -OCH3 is 1. The average molecular weight is 495 g/mol. The Morgan fingerprint density at radius 1 is 1.18 bits per heavy atom. The van der Waals surface area contributed by atoms with Crippen molar-refractivity contribution >= 4 is 26.5 Å². The quantitative estimate of drug-likeness (QED) is 0.562. The monoisotopic (exact) mass is 494 g/mol. The van der Waals surface area contributed by atoms with E-state index in [4.69, 9.17) is 14.5 Å². The molecule has 10 heteroatoms. The number of nitrogens with one attached hydrogen (secondary N) is 2. The number of aromatic nitrogens is 2. The molecule has 1 aliphatic heterocycles. The lowest BCUT2D eigenvalue weighted by atomic mass is 9.93. The first kappa shape index (κ1) is 24.4. The van der Waals surface area contributed by atoms with Gasteiger partial charge in [-0.3, -0.25) is 0 Å². The molecule has 2 aromatic rings. The van der Waals surface area contributed by atoms with Crippen LogP contribution in [0.4, 0.5) is 5.13 Å². The second-order valence-electron chi connectivity index (χ2n) is 9.00. The lowest BCUT2D eigenvalue weighted by Gasteiger charge is -2.28. The lowest BCUT2D eigenvalue weighted by molar-refractivity contribution is 0.0622. The molecule has 0 aromatic carbocycles. The molecule has 33 heavy (non-hydrogen) atoms. The van der Waals surface area contributed by atoms with Gasteiger partial charge >= 0.3 is 0 Å². The number of rotatable bonds is 8. The van der Waals surface area contributed by atoms with E-state index in [1.807, 2.05) is 6.92 Å². The van der Waals surface area contributed by atoms with Crippen LogP contribution < -0.4 is 14.8 Å². The van der Waals surface area contributed by atoms with Gasteiger partial charge < -0.3 is 14.8 Å². The fraction of sp³-hybridized carbons (Fsp3) is 0.652. The largest absolute Gasteiger partial charge is 0.480 e. The standard InChI is InChI=1S/C23H34N4O4S2/c1-15(17-9-11-31-12-10-17)25-23-26-16(2)21(32-23)18-13-20(22(30-3)24-14-18)33(28,29)27-19-7-5-4-6-8-19/h13-15,17,19,27H,4-12H2,1-3H3,(H,25,26). The Morgan fingerprint density at radius 3 is 2.61 bits per heavy atom. The van der Waals surface area contributed by atoms with Crippen molar-refractivity contribution in [2.24, 2.45) is 5.92 Å². The van der Waals surface area contributed by atoms with Crippen molar-refractivity contribution in [2.45, 2.75) is 75.8 Å². The molecule has 2 N–H and O–H groups in total. The van der Waals surface area contributed by atoms with E-state index >= 15 is 0 Å². The maximum atomic E-state index is 13.2. The summed E-state index contributed by atoms with van der Waals surface area (Å²) in [5.74, 6) is 0.660. The van der Waals surface area contributed by atoms with E-state index in [0.717, 1.165) is 79.4 Å². The van der Waals surface area contributed by atoms with Crippen LogP contribution in [0.25, 0.3) is 10.4 Å². The maximum Gasteiger partial charge on any atom is 0.246 e. The molecule has 1 saturated carbocycles. The maximum absolute atomic E-state index is 13.2. The van der Waals surface area contributed by atoms with Gasteiger partial charge in [0, 0.05) is 37.1 Å². The number of anilines is 1. The summed E-state index contributed by atoms with van der Waals surface area (Å²) in [6.07, 6.45) is 8.73. The number of ether oxygens (including phenoxy) is 2. The fourth-order valence-electron chi connectivity index (χ4n) is 4.66. The molecule has 0 spiro atoms. The van der Waals surface area contributed by atoms with Crippen LogP contribution in [-0.4, -0.2) is 50.8 Å². The molecule has 0 radical (unpaired) electrons. The first-order valence-corrected chi connectivity index (χ1v) is 14.1. The minimum absolute atomic E-state index is 0.0373. The molecule has 182 valence electrons. The van der Waals surface area contributed by atoms with Crippen LogP contribution in [0.15, 0.2) is 17.2 Å². The van der Waals surface area contributed by atoms with Crippen molar-refractivity contribution in [1.29, 1.82) is 0 Å². The Morgan fingerprint density at radius 2 is 1.91 bits per heavy atom. The van der Waals surface area contributed by atoms with Crippen LogP contribution in [0.3, 0.4) is 0 Å². The SMILES string of the molecule is COc1ncc(-c2sc(NC(C)C3CCOCC3)nc2C)cc1S(=O)(=O)NC1CCCCC1. The number of nitrogens with zero attached hydrogens (tertiary/aromatic N) is 2. The zero-order chi connectivity index (χ0) is 23.4. The number of pyridine rings is 1. The highest BCUT2D eigenvalue weighted by molar-refractivity contribution is 7.89. The van der Waals surface area contributed by atoms with E-state index in [9.17, 15) is 8.42 Å². The first-order valence-electron chi connectivity index (χ1n) is 11.8. The van der Waals surface area contributed by atoms with Gasteiger partial charge in [-0.2, -0.15) is 0 Å². The average Bonchev–Trinajstić information content (AvgIpc) is 3.19.